The van der Waals surface area contributed by atoms with Gasteiger partial charge in [-0.15, -0.1) is 0 Å². The SMILES string of the molecule is COCCN(C)C(=O)c1nc(-c2cn(Cc3ccc(F)cc3F)c(C)n2)n2ccccc12. The van der Waals surface area contributed by atoms with Gasteiger partial charge in [0.15, 0.2) is 11.5 Å². The van der Waals surface area contributed by atoms with Gasteiger partial charge in [0.05, 0.1) is 18.7 Å². The fraction of sp³-hybridized carbons (Fsp3) is 0.261. The molecule has 166 valence electrons. The molecule has 1 amide bonds. The minimum absolute atomic E-state index is 0.194. The first-order valence-corrected chi connectivity index (χ1v) is 10.1. The smallest absolute Gasteiger partial charge is 0.274 e. The number of likely N-dealkylation sites (N-methyl/N-ethyl adjacent to an activating group) is 1. The highest BCUT2D eigenvalue weighted by molar-refractivity contribution is 5.99. The fourth-order valence-electron chi connectivity index (χ4n) is 3.50. The Bertz CT molecular complexity index is 1280. The van der Waals surface area contributed by atoms with Crippen LogP contribution in [0.2, 0.25) is 0 Å². The van der Waals surface area contributed by atoms with Gasteiger partial charge in [-0.3, -0.25) is 9.20 Å². The Balaban J connectivity index is 1.71. The van der Waals surface area contributed by atoms with Gasteiger partial charge in [-0.05, 0) is 25.1 Å². The molecule has 32 heavy (non-hydrogen) atoms. The first kappa shape index (κ1) is 21.6. The Morgan fingerprint density at radius 1 is 1.19 bits per heavy atom. The fourth-order valence-corrected chi connectivity index (χ4v) is 3.50. The first-order valence-electron chi connectivity index (χ1n) is 10.1. The summed E-state index contributed by atoms with van der Waals surface area (Å²) in [7, 11) is 3.28. The van der Waals surface area contributed by atoms with Crippen LogP contribution in [-0.2, 0) is 11.3 Å². The number of aromatic nitrogens is 4. The Morgan fingerprint density at radius 2 is 2.00 bits per heavy atom. The van der Waals surface area contributed by atoms with Gasteiger partial charge in [0.2, 0.25) is 0 Å². The third-order valence-electron chi connectivity index (χ3n) is 5.29. The molecule has 7 nitrogen and oxygen atoms in total. The van der Waals surface area contributed by atoms with Gasteiger partial charge in [0.1, 0.15) is 23.2 Å². The number of aryl methyl sites for hydroxylation is 1. The Hall–Kier alpha value is -3.59. The molecule has 0 spiro atoms. The number of fused-ring (bicyclic) bond motifs is 1. The van der Waals surface area contributed by atoms with Gasteiger partial charge in [0, 0.05) is 44.7 Å². The summed E-state index contributed by atoms with van der Waals surface area (Å²) < 4.78 is 36.0. The number of imidazole rings is 2. The minimum Gasteiger partial charge on any atom is -0.383 e. The largest absolute Gasteiger partial charge is 0.383 e. The van der Waals surface area contributed by atoms with Crippen molar-refractivity contribution in [3.8, 4) is 11.5 Å². The van der Waals surface area contributed by atoms with Crippen LogP contribution in [0.4, 0.5) is 8.78 Å². The molecule has 0 unspecified atom stereocenters. The van der Waals surface area contributed by atoms with Gasteiger partial charge < -0.3 is 14.2 Å². The average Bonchev–Trinajstić information content (AvgIpc) is 3.34. The second kappa shape index (κ2) is 8.88. The van der Waals surface area contributed by atoms with E-state index in [0.717, 1.165) is 6.07 Å². The molecular formula is C23H23F2N5O2. The van der Waals surface area contributed by atoms with Crippen LogP contribution in [0.25, 0.3) is 17.0 Å². The van der Waals surface area contributed by atoms with Gasteiger partial charge in [-0.1, -0.05) is 12.1 Å². The van der Waals surface area contributed by atoms with Gasteiger partial charge in [-0.25, -0.2) is 18.7 Å². The van der Waals surface area contributed by atoms with Crippen LogP contribution in [0.15, 0.2) is 48.8 Å². The van der Waals surface area contributed by atoms with Crippen molar-refractivity contribution < 1.29 is 18.3 Å². The number of methoxy groups -OCH3 is 1. The van der Waals surface area contributed by atoms with E-state index in [-0.39, 0.29) is 12.5 Å². The first-order chi connectivity index (χ1) is 15.4. The summed E-state index contributed by atoms with van der Waals surface area (Å²) >= 11 is 0. The predicted molar refractivity (Wildman–Crippen MR) is 115 cm³/mol. The van der Waals surface area contributed by atoms with Crippen molar-refractivity contribution in [2.45, 2.75) is 13.5 Å². The van der Waals surface area contributed by atoms with Crippen molar-refractivity contribution in [3.63, 3.8) is 0 Å². The van der Waals surface area contributed by atoms with E-state index in [1.54, 1.807) is 36.7 Å². The predicted octanol–water partition coefficient (Wildman–Crippen LogP) is 3.55. The quantitative estimate of drug-likeness (QED) is 0.442. The number of rotatable bonds is 7. The van der Waals surface area contributed by atoms with E-state index in [1.165, 1.54) is 12.1 Å². The topological polar surface area (TPSA) is 64.7 Å². The molecular weight excluding hydrogens is 416 g/mol. The van der Waals surface area contributed by atoms with E-state index in [0.29, 0.717) is 47.3 Å². The highest BCUT2D eigenvalue weighted by Crippen LogP contribution is 2.24. The summed E-state index contributed by atoms with van der Waals surface area (Å²) in [5.41, 5.74) is 1.87. The van der Waals surface area contributed by atoms with Crippen LogP contribution in [0, 0.1) is 18.6 Å². The zero-order valence-electron chi connectivity index (χ0n) is 18.0. The summed E-state index contributed by atoms with van der Waals surface area (Å²) in [6.45, 7) is 2.85. The molecule has 3 heterocycles. The molecule has 0 aliphatic rings. The molecule has 3 aromatic heterocycles. The van der Waals surface area contributed by atoms with E-state index in [9.17, 15) is 13.6 Å². The minimum atomic E-state index is -0.620. The molecule has 4 rings (SSSR count). The summed E-state index contributed by atoms with van der Waals surface area (Å²) in [6.07, 6.45) is 3.57. The maximum absolute atomic E-state index is 14.1. The lowest BCUT2D eigenvalue weighted by Crippen LogP contribution is -2.30. The van der Waals surface area contributed by atoms with Crippen LogP contribution in [0.1, 0.15) is 21.9 Å². The average molecular weight is 439 g/mol. The second-order valence-electron chi connectivity index (χ2n) is 7.50. The van der Waals surface area contributed by atoms with Crippen molar-refractivity contribution in [1.82, 2.24) is 23.8 Å². The molecule has 0 fully saturated rings. The number of nitrogens with zero attached hydrogens (tertiary/aromatic N) is 5. The van der Waals surface area contributed by atoms with Crippen molar-refractivity contribution in [1.29, 1.82) is 0 Å². The van der Waals surface area contributed by atoms with E-state index >= 15 is 0 Å². The molecule has 0 N–H and O–H groups in total. The van der Waals surface area contributed by atoms with Crippen molar-refractivity contribution in [2.24, 2.45) is 0 Å². The van der Waals surface area contributed by atoms with Crippen molar-refractivity contribution in [2.75, 3.05) is 27.3 Å². The number of carbonyl (C=O) groups excluding carboxylic acids is 1. The zero-order valence-corrected chi connectivity index (χ0v) is 18.0. The number of halogens is 2. The molecule has 0 atom stereocenters. The highest BCUT2D eigenvalue weighted by Gasteiger charge is 2.22. The molecule has 4 aromatic rings. The maximum atomic E-state index is 14.1. The van der Waals surface area contributed by atoms with Crippen LogP contribution >= 0.6 is 0 Å². The van der Waals surface area contributed by atoms with E-state index < -0.39 is 11.6 Å². The van der Waals surface area contributed by atoms with Crippen LogP contribution in [0.3, 0.4) is 0 Å². The second-order valence-corrected chi connectivity index (χ2v) is 7.50. The zero-order chi connectivity index (χ0) is 22.8. The van der Waals surface area contributed by atoms with Crippen molar-refractivity contribution in [3.05, 3.63) is 77.5 Å². The van der Waals surface area contributed by atoms with Crippen molar-refractivity contribution >= 4 is 11.4 Å². The number of hydrogen-bond donors (Lipinski definition) is 0. The number of carbonyl (C=O) groups is 1. The molecule has 0 aliphatic carbocycles. The molecule has 1 aromatic carbocycles. The molecule has 0 saturated carbocycles. The lowest BCUT2D eigenvalue weighted by Gasteiger charge is -2.15. The third kappa shape index (κ3) is 4.11. The maximum Gasteiger partial charge on any atom is 0.274 e. The summed E-state index contributed by atoms with van der Waals surface area (Å²) in [5, 5.41) is 0. The molecule has 0 bridgehead atoms. The lowest BCUT2D eigenvalue weighted by molar-refractivity contribution is 0.0741. The Labute approximate surface area is 183 Å². The monoisotopic (exact) mass is 439 g/mol. The van der Waals surface area contributed by atoms with Crippen LogP contribution in [0.5, 0.6) is 0 Å². The van der Waals surface area contributed by atoms with Crippen LogP contribution < -0.4 is 0 Å². The number of hydrogen-bond acceptors (Lipinski definition) is 4. The third-order valence-corrected chi connectivity index (χ3v) is 5.29. The van der Waals surface area contributed by atoms with Gasteiger partial charge in [0.25, 0.3) is 5.91 Å². The highest BCUT2D eigenvalue weighted by atomic mass is 19.1. The molecule has 0 radical (unpaired) electrons. The number of amides is 1. The molecule has 0 aliphatic heterocycles. The Morgan fingerprint density at radius 3 is 2.75 bits per heavy atom. The lowest BCUT2D eigenvalue weighted by atomic mass is 10.2. The summed E-state index contributed by atoms with van der Waals surface area (Å²) in [5.74, 6) is -0.308. The summed E-state index contributed by atoms with van der Waals surface area (Å²) in [4.78, 5) is 23.7. The number of ether oxygens (including phenoxy) is 1. The normalized spacial score (nSPS) is 11.3. The van der Waals surface area contributed by atoms with Gasteiger partial charge >= 0.3 is 0 Å². The summed E-state index contributed by atoms with van der Waals surface area (Å²) in [6, 6.07) is 9.02. The number of pyridine rings is 1. The standard InChI is InChI=1S/C23H23F2N5O2/c1-15-26-19(14-29(15)13-16-7-8-17(24)12-18(16)25)22-27-21(20-6-4-5-9-30(20)22)23(31)28(2)10-11-32-3/h4-9,12,14H,10-11,13H2,1-3H3. The molecule has 0 saturated heterocycles. The van der Waals surface area contributed by atoms with E-state index in [1.807, 2.05) is 28.8 Å². The molecule has 9 heteroatoms. The number of benzene rings is 1. The Kier molecular flexibility index (Phi) is 6.00. The van der Waals surface area contributed by atoms with Crippen LogP contribution in [-0.4, -0.2) is 57.1 Å². The van der Waals surface area contributed by atoms with E-state index in [4.69, 9.17) is 4.74 Å². The van der Waals surface area contributed by atoms with E-state index in [2.05, 4.69) is 9.97 Å². The van der Waals surface area contributed by atoms with Gasteiger partial charge in [-0.2, -0.15) is 0 Å².